The van der Waals surface area contributed by atoms with Crippen LogP contribution >= 0.6 is 0 Å². The van der Waals surface area contributed by atoms with Crippen molar-refractivity contribution in [2.45, 2.75) is 13.1 Å². The average molecular weight is 285 g/mol. The van der Waals surface area contributed by atoms with Gasteiger partial charge in [0.1, 0.15) is 5.82 Å². The van der Waals surface area contributed by atoms with Gasteiger partial charge in [-0.1, -0.05) is 0 Å². The van der Waals surface area contributed by atoms with E-state index in [2.05, 4.69) is 10.4 Å². The molecule has 7 heteroatoms. The van der Waals surface area contributed by atoms with Crippen molar-refractivity contribution >= 4 is 5.82 Å². The molecule has 108 valence electrons. The summed E-state index contributed by atoms with van der Waals surface area (Å²) in [5, 5.41) is 7.09. The summed E-state index contributed by atoms with van der Waals surface area (Å²) in [5.41, 5.74) is 0.299. The van der Waals surface area contributed by atoms with Crippen LogP contribution in [0.2, 0.25) is 0 Å². The minimum atomic E-state index is -1.46. The van der Waals surface area contributed by atoms with Gasteiger partial charge in [-0.25, -0.2) is 13.2 Å². The minimum absolute atomic E-state index is 0.148. The second-order valence-corrected chi connectivity index (χ2v) is 4.18. The molecule has 20 heavy (non-hydrogen) atoms. The predicted octanol–water partition coefficient (Wildman–Crippen LogP) is 2.56. The van der Waals surface area contributed by atoms with Gasteiger partial charge >= 0.3 is 0 Å². The van der Waals surface area contributed by atoms with Crippen molar-refractivity contribution in [2.75, 3.05) is 19.0 Å². The van der Waals surface area contributed by atoms with Gasteiger partial charge in [0.15, 0.2) is 17.5 Å². The van der Waals surface area contributed by atoms with Crippen molar-refractivity contribution in [3.05, 3.63) is 47.4 Å². The van der Waals surface area contributed by atoms with Gasteiger partial charge < -0.3 is 10.1 Å². The first-order valence-corrected chi connectivity index (χ1v) is 6.00. The molecule has 0 amide bonds. The summed E-state index contributed by atoms with van der Waals surface area (Å²) >= 11 is 0. The van der Waals surface area contributed by atoms with E-state index in [1.807, 2.05) is 0 Å². The van der Waals surface area contributed by atoms with E-state index >= 15 is 0 Å². The fourth-order valence-corrected chi connectivity index (χ4v) is 1.67. The number of nitrogens with zero attached hydrogens (tertiary/aromatic N) is 2. The summed E-state index contributed by atoms with van der Waals surface area (Å²) in [6, 6.07) is 3.63. The normalized spacial score (nSPS) is 10.8. The predicted molar refractivity (Wildman–Crippen MR) is 67.7 cm³/mol. The highest BCUT2D eigenvalue weighted by Gasteiger charge is 2.10. The Morgan fingerprint density at radius 3 is 2.60 bits per heavy atom. The lowest BCUT2D eigenvalue weighted by molar-refractivity contribution is 0.183. The van der Waals surface area contributed by atoms with E-state index in [0.29, 0.717) is 24.5 Å². The summed E-state index contributed by atoms with van der Waals surface area (Å²) in [5.74, 6) is -3.30. The lowest BCUT2D eigenvalue weighted by Crippen LogP contribution is -2.06. The molecule has 0 aliphatic rings. The number of ether oxygens (including phenoxy) is 1. The van der Waals surface area contributed by atoms with Crippen molar-refractivity contribution in [1.29, 1.82) is 0 Å². The first-order valence-electron chi connectivity index (χ1n) is 6.00. The van der Waals surface area contributed by atoms with Gasteiger partial charge in [0.05, 0.1) is 13.2 Å². The number of hydrogen-bond acceptors (Lipinski definition) is 3. The van der Waals surface area contributed by atoms with E-state index in [9.17, 15) is 13.2 Å². The highest BCUT2D eigenvalue weighted by molar-refractivity contribution is 5.34. The summed E-state index contributed by atoms with van der Waals surface area (Å²) in [7, 11) is 1.60. The Morgan fingerprint density at radius 2 is 1.95 bits per heavy atom. The fourth-order valence-electron chi connectivity index (χ4n) is 1.67. The third-order valence-corrected chi connectivity index (χ3v) is 2.68. The molecule has 0 spiro atoms. The van der Waals surface area contributed by atoms with Crippen LogP contribution in [0.25, 0.3) is 0 Å². The quantitative estimate of drug-likeness (QED) is 0.829. The topological polar surface area (TPSA) is 39.1 Å². The molecule has 0 atom stereocenters. The molecule has 0 aliphatic heterocycles. The van der Waals surface area contributed by atoms with Crippen LogP contribution in [-0.2, 0) is 17.8 Å². The van der Waals surface area contributed by atoms with Crippen LogP contribution in [0.15, 0.2) is 24.4 Å². The van der Waals surface area contributed by atoms with Crippen molar-refractivity contribution in [3.63, 3.8) is 0 Å². The number of aromatic nitrogens is 2. The van der Waals surface area contributed by atoms with Crippen LogP contribution in [0.1, 0.15) is 5.56 Å². The highest BCUT2D eigenvalue weighted by atomic mass is 19.2. The SMILES string of the molecule is COCCn1ccc(NCc2cc(F)c(F)c(F)c2)n1. The van der Waals surface area contributed by atoms with E-state index < -0.39 is 17.5 Å². The minimum Gasteiger partial charge on any atom is -0.383 e. The number of methoxy groups -OCH3 is 1. The Hall–Kier alpha value is -2.02. The molecular formula is C13H14F3N3O. The molecule has 4 nitrogen and oxygen atoms in total. The first kappa shape index (κ1) is 14.4. The second kappa shape index (κ2) is 6.42. The van der Waals surface area contributed by atoms with Crippen LogP contribution in [-0.4, -0.2) is 23.5 Å². The lowest BCUT2D eigenvalue weighted by Gasteiger charge is -2.05. The van der Waals surface area contributed by atoms with Crippen molar-refractivity contribution in [1.82, 2.24) is 9.78 Å². The van der Waals surface area contributed by atoms with Crippen LogP contribution in [0, 0.1) is 17.5 Å². The molecule has 1 aromatic carbocycles. The number of rotatable bonds is 6. The standard InChI is InChI=1S/C13H14F3N3O/c1-20-5-4-19-3-2-12(18-19)17-8-9-6-10(14)13(16)11(15)7-9/h2-3,6-7H,4-5,8H2,1H3,(H,17,18). The average Bonchev–Trinajstić information content (AvgIpc) is 2.88. The number of nitrogens with one attached hydrogen (secondary N) is 1. The maximum absolute atomic E-state index is 13.0. The molecular weight excluding hydrogens is 271 g/mol. The largest absolute Gasteiger partial charge is 0.383 e. The third-order valence-electron chi connectivity index (χ3n) is 2.68. The highest BCUT2D eigenvalue weighted by Crippen LogP contribution is 2.14. The molecule has 0 radical (unpaired) electrons. The molecule has 0 bridgehead atoms. The Bertz CT molecular complexity index is 563. The van der Waals surface area contributed by atoms with Gasteiger partial charge in [-0.3, -0.25) is 4.68 Å². The number of hydrogen-bond donors (Lipinski definition) is 1. The maximum Gasteiger partial charge on any atom is 0.194 e. The molecule has 0 aliphatic carbocycles. The lowest BCUT2D eigenvalue weighted by atomic mass is 10.2. The number of halogens is 3. The Labute approximate surface area is 114 Å². The summed E-state index contributed by atoms with van der Waals surface area (Å²) in [4.78, 5) is 0. The molecule has 0 fully saturated rings. The van der Waals surface area contributed by atoms with Gasteiger partial charge in [0.2, 0.25) is 0 Å². The van der Waals surface area contributed by atoms with Gasteiger partial charge in [0.25, 0.3) is 0 Å². The summed E-state index contributed by atoms with van der Waals surface area (Å²) in [6.45, 7) is 1.29. The van der Waals surface area contributed by atoms with Gasteiger partial charge in [-0.15, -0.1) is 0 Å². The Morgan fingerprint density at radius 1 is 1.25 bits per heavy atom. The smallest absolute Gasteiger partial charge is 0.194 e. The van der Waals surface area contributed by atoms with Crippen molar-refractivity contribution in [3.8, 4) is 0 Å². The monoisotopic (exact) mass is 285 g/mol. The van der Waals surface area contributed by atoms with Crippen LogP contribution in [0.4, 0.5) is 19.0 Å². The number of anilines is 1. The van der Waals surface area contributed by atoms with Gasteiger partial charge in [0, 0.05) is 25.9 Å². The van der Waals surface area contributed by atoms with Crippen LogP contribution in [0.5, 0.6) is 0 Å². The fraction of sp³-hybridized carbons (Fsp3) is 0.308. The van der Waals surface area contributed by atoms with Crippen molar-refractivity contribution < 1.29 is 17.9 Å². The molecule has 0 saturated heterocycles. The molecule has 0 saturated carbocycles. The zero-order valence-corrected chi connectivity index (χ0v) is 10.9. The van der Waals surface area contributed by atoms with Crippen LogP contribution in [0.3, 0.4) is 0 Å². The van der Waals surface area contributed by atoms with E-state index in [1.54, 1.807) is 24.1 Å². The van der Waals surface area contributed by atoms with E-state index in [0.717, 1.165) is 12.1 Å². The molecule has 1 N–H and O–H groups in total. The van der Waals surface area contributed by atoms with E-state index in [1.165, 1.54) is 0 Å². The van der Waals surface area contributed by atoms with Crippen molar-refractivity contribution in [2.24, 2.45) is 0 Å². The second-order valence-electron chi connectivity index (χ2n) is 4.18. The van der Waals surface area contributed by atoms with E-state index in [4.69, 9.17) is 4.74 Å². The Kier molecular flexibility index (Phi) is 4.62. The molecule has 0 unspecified atom stereocenters. The zero-order chi connectivity index (χ0) is 14.5. The molecule has 1 heterocycles. The maximum atomic E-state index is 13.0. The summed E-state index contributed by atoms with van der Waals surface area (Å²) < 4.78 is 45.5. The molecule has 1 aromatic heterocycles. The van der Waals surface area contributed by atoms with E-state index in [-0.39, 0.29) is 6.54 Å². The number of benzene rings is 1. The van der Waals surface area contributed by atoms with Gasteiger partial charge in [-0.2, -0.15) is 5.10 Å². The Balaban J connectivity index is 1.96. The third kappa shape index (κ3) is 3.51. The summed E-state index contributed by atoms with van der Waals surface area (Å²) in [6.07, 6.45) is 1.76. The zero-order valence-electron chi connectivity index (χ0n) is 10.9. The molecule has 2 rings (SSSR count). The van der Waals surface area contributed by atoms with Crippen LogP contribution < -0.4 is 5.32 Å². The molecule has 2 aromatic rings. The first-order chi connectivity index (χ1) is 9.60. The van der Waals surface area contributed by atoms with Gasteiger partial charge in [-0.05, 0) is 17.7 Å².